The molecule has 38 heavy (non-hydrogen) atoms. The molecule has 0 radical (unpaired) electrons. The molecule has 1 saturated heterocycles. The van der Waals surface area contributed by atoms with Crippen molar-refractivity contribution in [1.29, 1.82) is 0 Å². The number of benzene rings is 2. The fourth-order valence-electron chi connectivity index (χ4n) is 5.31. The molecule has 7 nitrogen and oxygen atoms in total. The summed E-state index contributed by atoms with van der Waals surface area (Å²) in [4.78, 5) is 8.54. The highest BCUT2D eigenvalue weighted by atomic mass is 19.4. The van der Waals surface area contributed by atoms with E-state index in [1.807, 2.05) is 6.07 Å². The Morgan fingerprint density at radius 2 is 1.92 bits per heavy atom. The molecule has 2 aliphatic rings. The van der Waals surface area contributed by atoms with Gasteiger partial charge in [0.25, 0.3) is 0 Å². The Morgan fingerprint density at radius 1 is 1.13 bits per heavy atom. The van der Waals surface area contributed by atoms with E-state index in [9.17, 15) is 22.0 Å². The van der Waals surface area contributed by atoms with Crippen LogP contribution in [0.5, 0.6) is 5.75 Å². The molecule has 0 spiro atoms. The van der Waals surface area contributed by atoms with Gasteiger partial charge >= 0.3 is 6.18 Å². The van der Waals surface area contributed by atoms with Gasteiger partial charge < -0.3 is 14.8 Å². The molecule has 198 valence electrons. The van der Waals surface area contributed by atoms with Crippen LogP contribution in [0.25, 0.3) is 16.7 Å². The molecule has 2 aromatic heterocycles. The molecule has 1 fully saturated rings. The third-order valence-corrected chi connectivity index (χ3v) is 7.06. The second-order valence-electron chi connectivity index (χ2n) is 9.76. The largest absolute Gasteiger partial charge is 0.493 e. The quantitative estimate of drug-likeness (QED) is 0.349. The third-order valence-electron chi connectivity index (χ3n) is 7.06. The van der Waals surface area contributed by atoms with E-state index >= 15 is 0 Å². The zero-order chi connectivity index (χ0) is 26.9. The molecule has 2 aromatic carbocycles. The predicted octanol–water partition coefficient (Wildman–Crippen LogP) is 5.39. The number of hydrogen-bond donors (Lipinski definition) is 1. The highest BCUT2D eigenvalue weighted by Gasteiger charge is 2.68. The Bertz CT molecular complexity index is 1560. The van der Waals surface area contributed by atoms with Gasteiger partial charge in [0.2, 0.25) is 0 Å². The van der Waals surface area contributed by atoms with Gasteiger partial charge in [-0.1, -0.05) is 18.2 Å². The molecule has 2 atom stereocenters. The first-order chi connectivity index (χ1) is 18.0. The van der Waals surface area contributed by atoms with Crippen LogP contribution in [0.1, 0.15) is 30.3 Å². The van der Waals surface area contributed by atoms with E-state index in [-0.39, 0.29) is 34.8 Å². The van der Waals surface area contributed by atoms with Crippen molar-refractivity contribution < 1.29 is 31.4 Å². The molecule has 6 rings (SSSR count). The maximum Gasteiger partial charge on any atom is 0.419 e. The summed E-state index contributed by atoms with van der Waals surface area (Å²) in [6.07, 6.45) is -3.00. The summed E-state index contributed by atoms with van der Waals surface area (Å²) in [5, 5.41) is 7.17. The molecule has 12 heteroatoms. The number of alkyl halides is 3. The lowest BCUT2D eigenvalue weighted by Gasteiger charge is -2.55. The van der Waals surface area contributed by atoms with Crippen molar-refractivity contribution in [2.75, 3.05) is 18.5 Å². The number of halogens is 5. The number of rotatable bonds is 5. The normalized spacial score (nSPS) is 22.7. The first kappa shape index (κ1) is 24.5. The van der Waals surface area contributed by atoms with Gasteiger partial charge in [-0.3, -0.25) is 0 Å². The van der Waals surface area contributed by atoms with Crippen molar-refractivity contribution >= 4 is 16.9 Å². The van der Waals surface area contributed by atoms with Crippen LogP contribution in [0, 0.1) is 18.6 Å². The molecule has 1 N–H and O–H groups in total. The zero-order valence-electron chi connectivity index (χ0n) is 20.4. The van der Waals surface area contributed by atoms with Gasteiger partial charge in [-0.25, -0.2) is 23.4 Å². The van der Waals surface area contributed by atoms with Gasteiger partial charge in [0.05, 0.1) is 30.3 Å². The van der Waals surface area contributed by atoms with Crippen LogP contribution in [0.2, 0.25) is 0 Å². The molecule has 2 aliphatic heterocycles. The van der Waals surface area contributed by atoms with Gasteiger partial charge in [0.15, 0.2) is 17.1 Å². The highest BCUT2D eigenvalue weighted by molar-refractivity contribution is 5.87. The second-order valence-corrected chi connectivity index (χ2v) is 9.76. The average Bonchev–Trinajstić information content (AvgIpc) is 3.47. The van der Waals surface area contributed by atoms with Gasteiger partial charge in [-0.2, -0.15) is 18.3 Å². The summed E-state index contributed by atoms with van der Waals surface area (Å²) < 4.78 is 83.5. The van der Waals surface area contributed by atoms with E-state index in [1.54, 1.807) is 26.0 Å². The standard InChI is InChI=1S/C26H22F5N5O2/c1-14-34-22(17-11-33-36(23(17)35-14)20-7-6-16(27)10-19(20)28)32-13-25(26(29,30)31)12-24(2,38-25)18-5-3-4-15-8-9-37-21(15)18/h3-7,10-11H,8-9,12-13H2,1-2H3,(H,32,34,35). The lowest BCUT2D eigenvalue weighted by molar-refractivity contribution is -0.380. The first-order valence-corrected chi connectivity index (χ1v) is 11.9. The van der Waals surface area contributed by atoms with Gasteiger partial charge in [-0.15, -0.1) is 0 Å². The summed E-state index contributed by atoms with van der Waals surface area (Å²) in [6.45, 7) is 3.04. The lowest BCUT2D eigenvalue weighted by atomic mass is 9.74. The number of hydrogen-bond acceptors (Lipinski definition) is 6. The number of aryl methyl sites for hydroxylation is 1. The predicted molar refractivity (Wildman–Crippen MR) is 127 cm³/mol. The molecule has 4 heterocycles. The van der Waals surface area contributed by atoms with Crippen molar-refractivity contribution in [3.05, 3.63) is 71.2 Å². The van der Waals surface area contributed by atoms with Crippen LogP contribution < -0.4 is 10.1 Å². The van der Waals surface area contributed by atoms with Gasteiger partial charge in [-0.05, 0) is 31.5 Å². The number of anilines is 1. The lowest BCUT2D eigenvalue weighted by Crippen LogP contribution is -2.67. The summed E-state index contributed by atoms with van der Waals surface area (Å²) in [7, 11) is 0. The van der Waals surface area contributed by atoms with E-state index in [2.05, 4.69) is 20.4 Å². The molecule has 0 bridgehead atoms. The van der Waals surface area contributed by atoms with E-state index < -0.39 is 35.6 Å². The van der Waals surface area contributed by atoms with Crippen LogP contribution in [-0.4, -0.2) is 44.7 Å². The Labute approximate surface area is 213 Å². The molecule has 4 aromatic rings. The summed E-state index contributed by atoms with van der Waals surface area (Å²) in [5.74, 6) is -0.719. The second kappa shape index (κ2) is 8.35. The molecular weight excluding hydrogens is 509 g/mol. The first-order valence-electron chi connectivity index (χ1n) is 11.9. The van der Waals surface area contributed by atoms with Crippen molar-refractivity contribution in [2.24, 2.45) is 0 Å². The van der Waals surface area contributed by atoms with Crippen LogP contribution in [0.3, 0.4) is 0 Å². The maximum atomic E-state index is 14.4. The van der Waals surface area contributed by atoms with Gasteiger partial charge in [0, 0.05) is 24.5 Å². The Balaban J connectivity index is 1.31. The smallest absolute Gasteiger partial charge is 0.419 e. The molecule has 2 unspecified atom stereocenters. The van der Waals surface area contributed by atoms with Crippen molar-refractivity contribution in [3.8, 4) is 11.4 Å². The number of nitrogens with one attached hydrogen (secondary N) is 1. The van der Waals surface area contributed by atoms with Crippen LogP contribution in [0.15, 0.2) is 42.6 Å². The minimum atomic E-state index is -4.68. The SMILES string of the molecule is Cc1nc(NCC2(C(F)(F)F)CC(C)(c3cccc4c3OCC4)O2)c2cnn(-c3ccc(F)cc3F)c2n1. The number of fused-ring (bicyclic) bond motifs is 2. The van der Waals surface area contributed by atoms with E-state index in [0.29, 0.717) is 30.4 Å². The van der Waals surface area contributed by atoms with Crippen molar-refractivity contribution in [3.63, 3.8) is 0 Å². The molecular formula is C26H22F5N5O2. The van der Waals surface area contributed by atoms with Crippen LogP contribution in [-0.2, 0) is 16.8 Å². The monoisotopic (exact) mass is 531 g/mol. The maximum absolute atomic E-state index is 14.4. The highest BCUT2D eigenvalue weighted by Crippen LogP contribution is 2.57. The number of para-hydroxylation sites is 1. The topological polar surface area (TPSA) is 74.1 Å². The summed E-state index contributed by atoms with van der Waals surface area (Å²) >= 11 is 0. The minimum Gasteiger partial charge on any atom is -0.493 e. The molecule has 0 amide bonds. The minimum absolute atomic E-state index is 0.0621. The van der Waals surface area contributed by atoms with E-state index in [0.717, 1.165) is 16.3 Å². The van der Waals surface area contributed by atoms with Gasteiger partial charge in [0.1, 0.15) is 28.9 Å². The average molecular weight is 531 g/mol. The summed E-state index contributed by atoms with van der Waals surface area (Å²) in [6, 6.07) is 8.41. The van der Waals surface area contributed by atoms with Crippen molar-refractivity contribution in [2.45, 2.75) is 44.1 Å². The molecule has 0 saturated carbocycles. The number of aromatic nitrogens is 4. The van der Waals surface area contributed by atoms with Crippen molar-refractivity contribution in [1.82, 2.24) is 19.7 Å². The third kappa shape index (κ3) is 3.77. The zero-order valence-corrected chi connectivity index (χ0v) is 20.4. The number of nitrogens with zero attached hydrogens (tertiary/aromatic N) is 4. The van der Waals surface area contributed by atoms with E-state index in [1.165, 1.54) is 12.3 Å². The van der Waals surface area contributed by atoms with Crippen LogP contribution >= 0.6 is 0 Å². The Morgan fingerprint density at radius 3 is 2.66 bits per heavy atom. The van der Waals surface area contributed by atoms with Crippen LogP contribution in [0.4, 0.5) is 27.8 Å². The molecule has 0 aliphatic carbocycles. The number of ether oxygens (including phenoxy) is 2. The summed E-state index contributed by atoms with van der Waals surface area (Å²) in [5.41, 5.74) is -2.03. The fraction of sp³-hybridized carbons (Fsp3) is 0.346. The Kier molecular flexibility index (Phi) is 5.39. The Hall–Kier alpha value is -3.80. The fourth-order valence-corrected chi connectivity index (χ4v) is 5.31. The van der Waals surface area contributed by atoms with E-state index in [4.69, 9.17) is 9.47 Å².